The van der Waals surface area contributed by atoms with Crippen LogP contribution in [0.15, 0.2) is 29.2 Å². The molecule has 0 atom stereocenters. The monoisotopic (exact) mass is 206 g/mol. The van der Waals surface area contributed by atoms with Gasteiger partial charge in [0.2, 0.25) is 0 Å². The fourth-order valence-electron chi connectivity index (χ4n) is 1.24. The van der Waals surface area contributed by atoms with E-state index < -0.39 is 0 Å². The number of hydrogen-bond donors (Lipinski definition) is 0. The highest BCUT2D eigenvalue weighted by molar-refractivity contribution is 7.11. The highest BCUT2D eigenvalue weighted by atomic mass is 32.1. The van der Waals surface area contributed by atoms with Crippen LogP contribution in [0.2, 0.25) is 0 Å². The summed E-state index contributed by atoms with van der Waals surface area (Å²) in [6.07, 6.45) is 5.57. The zero-order chi connectivity index (χ0) is 10.6. The predicted molar refractivity (Wildman–Crippen MR) is 66.8 cm³/mol. The van der Waals surface area contributed by atoms with Gasteiger partial charge in [0, 0.05) is 4.88 Å². The van der Waals surface area contributed by atoms with E-state index in [1.807, 2.05) is 11.3 Å². The third-order valence-electron chi connectivity index (χ3n) is 2.40. The van der Waals surface area contributed by atoms with Gasteiger partial charge < -0.3 is 0 Å². The normalized spacial score (nSPS) is 13.4. The van der Waals surface area contributed by atoms with Crippen molar-refractivity contribution in [1.29, 1.82) is 0 Å². The van der Waals surface area contributed by atoms with Crippen LogP contribution in [0.1, 0.15) is 37.6 Å². The van der Waals surface area contributed by atoms with Crippen LogP contribution in [-0.2, 0) is 0 Å². The Balaban J connectivity index is 2.85. The molecule has 0 spiro atoms. The molecule has 14 heavy (non-hydrogen) atoms. The van der Waals surface area contributed by atoms with Gasteiger partial charge in [-0.3, -0.25) is 0 Å². The van der Waals surface area contributed by atoms with Crippen molar-refractivity contribution >= 4 is 16.9 Å². The molecule has 1 aromatic heterocycles. The molecule has 0 saturated carbocycles. The van der Waals surface area contributed by atoms with E-state index in [1.165, 1.54) is 21.6 Å². The first-order chi connectivity index (χ1) is 6.65. The highest BCUT2D eigenvalue weighted by Gasteiger charge is 1.99. The van der Waals surface area contributed by atoms with Gasteiger partial charge in [-0.15, -0.1) is 11.3 Å². The molecule has 0 radical (unpaired) electrons. The number of hydrogen-bond acceptors (Lipinski definition) is 1. The van der Waals surface area contributed by atoms with Gasteiger partial charge in [-0.25, -0.2) is 0 Å². The smallest absolute Gasteiger partial charge is 0.0328 e. The van der Waals surface area contributed by atoms with Gasteiger partial charge in [-0.2, -0.15) is 0 Å². The predicted octanol–water partition coefficient (Wildman–Crippen LogP) is 4.82. The topological polar surface area (TPSA) is 0 Å². The highest BCUT2D eigenvalue weighted by Crippen LogP contribution is 2.24. The number of rotatable bonds is 3. The maximum absolute atomic E-state index is 2.22. The van der Waals surface area contributed by atoms with Gasteiger partial charge >= 0.3 is 0 Å². The minimum atomic E-state index is 1.13. The molecule has 0 N–H and O–H groups in total. The van der Waals surface area contributed by atoms with Gasteiger partial charge in [-0.05, 0) is 49.8 Å². The maximum Gasteiger partial charge on any atom is 0.0328 e. The van der Waals surface area contributed by atoms with Crippen molar-refractivity contribution in [3.8, 4) is 0 Å². The lowest BCUT2D eigenvalue weighted by atomic mass is 10.1. The molecule has 0 fully saturated rings. The molecule has 0 aliphatic carbocycles. The van der Waals surface area contributed by atoms with Crippen molar-refractivity contribution in [2.24, 2.45) is 0 Å². The summed E-state index contributed by atoms with van der Waals surface area (Å²) in [5.74, 6) is 0. The quantitative estimate of drug-likeness (QED) is 0.622. The minimum Gasteiger partial charge on any atom is -0.144 e. The second-order valence-electron chi connectivity index (χ2n) is 3.65. The zero-order valence-electron chi connectivity index (χ0n) is 9.42. The Morgan fingerprint density at radius 3 is 2.57 bits per heavy atom. The van der Waals surface area contributed by atoms with E-state index in [2.05, 4.69) is 51.3 Å². The number of thiophene rings is 1. The lowest BCUT2D eigenvalue weighted by Crippen LogP contribution is -1.76. The third kappa shape index (κ3) is 2.85. The second kappa shape index (κ2) is 5.16. The first-order valence-corrected chi connectivity index (χ1v) is 5.91. The van der Waals surface area contributed by atoms with E-state index in [0.717, 1.165) is 6.42 Å². The fourth-order valence-corrected chi connectivity index (χ4v) is 2.15. The first-order valence-electron chi connectivity index (χ1n) is 5.03. The molecule has 0 amide bonds. The van der Waals surface area contributed by atoms with Crippen LogP contribution in [0.4, 0.5) is 0 Å². The van der Waals surface area contributed by atoms with E-state index in [9.17, 15) is 0 Å². The summed E-state index contributed by atoms with van der Waals surface area (Å²) in [4.78, 5) is 1.41. The lowest BCUT2D eigenvalue weighted by Gasteiger charge is -1.98. The number of aryl methyl sites for hydroxylation is 1. The van der Waals surface area contributed by atoms with Crippen LogP contribution in [0, 0.1) is 6.92 Å². The van der Waals surface area contributed by atoms with Crippen molar-refractivity contribution in [2.45, 2.75) is 34.1 Å². The van der Waals surface area contributed by atoms with E-state index in [1.54, 1.807) is 0 Å². The van der Waals surface area contributed by atoms with Crippen molar-refractivity contribution in [3.63, 3.8) is 0 Å². The van der Waals surface area contributed by atoms with Crippen LogP contribution < -0.4 is 0 Å². The SMILES string of the molecule is CC/C(C)=C/C=C(/C)c1sccc1C. The van der Waals surface area contributed by atoms with E-state index in [0.29, 0.717) is 0 Å². The summed E-state index contributed by atoms with van der Waals surface area (Å²) < 4.78 is 0. The molecular formula is C13H18S. The van der Waals surface area contributed by atoms with Crippen LogP contribution in [0.25, 0.3) is 5.57 Å². The molecule has 0 aliphatic heterocycles. The van der Waals surface area contributed by atoms with E-state index in [-0.39, 0.29) is 0 Å². The molecule has 1 heteroatoms. The summed E-state index contributed by atoms with van der Waals surface area (Å²) in [5, 5.41) is 2.15. The Morgan fingerprint density at radius 2 is 2.07 bits per heavy atom. The van der Waals surface area contributed by atoms with Crippen LogP contribution in [0.3, 0.4) is 0 Å². The molecule has 76 valence electrons. The standard InChI is InChI=1S/C13H18S/c1-5-10(2)6-7-11(3)13-12(4)8-9-14-13/h6-9H,5H2,1-4H3/b10-6+,11-7-. The summed E-state index contributed by atoms with van der Waals surface area (Å²) in [6.45, 7) is 8.70. The largest absolute Gasteiger partial charge is 0.144 e. The van der Waals surface area contributed by atoms with Crippen LogP contribution >= 0.6 is 11.3 Å². The molecule has 0 aliphatic rings. The minimum absolute atomic E-state index is 1.13. The second-order valence-corrected chi connectivity index (χ2v) is 4.57. The van der Waals surface area contributed by atoms with Crippen molar-refractivity contribution < 1.29 is 0 Å². The molecule has 0 nitrogen and oxygen atoms in total. The average molecular weight is 206 g/mol. The summed E-state index contributed by atoms with van der Waals surface area (Å²) in [7, 11) is 0. The van der Waals surface area contributed by atoms with Gasteiger partial charge in [0.05, 0.1) is 0 Å². The Morgan fingerprint density at radius 1 is 1.36 bits per heavy atom. The molecule has 0 unspecified atom stereocenters. The molecule has 1 aromatic rings. The lowest BCUT2D eigenvalue weighted by molar-refractivity contribution is 1.10. The molecule has 1 heterocycles. The summed E-state index contributed by atoms with van der Waals surface area (Å²) in [5.41, 5.74) is 4.18. The Bertz CT molecular complexity index is 353. The molecule has 1 rings (SSSR count). The molecule has 0 bridgehead atoms. The van der Waals surface area contributed by atoms with Gasteiger partial charge in [-0.1, -0.05) is 24.6 Å². The first kappa shape index (κ1) is 11.3. The van der Waals surface area contributed by atoms with Gasteiger partial charge in [0.25, 0.3) is 0 Å². The fraction of sp³-hybridized carbons (Fsp3) is 0.385. The zero-order valence-corrected chi connectivity index (χ0v) is 10.2. The third-order valence-corrected chi connectivity index (χ3v) is 3.55. The van der Waals surface area contributed by atoms with Crippen molar-refractivity contribution in [3.05, 3.63) is 39.6 Å². The molecular weight excluding hydrogens is 188 g/mol. The van der Waals surface area contributed by atoms with Gasteiger partial charge in [0.1, 0.15) is 0 Å². The maximum atomic E-state index is 2.22. The van der Waals surface area contributed by atoms with Crippen molar-refractivity contribution in [1.82, 2.24) is 0 Å². The van der Waals surface area contributed by atoms with Crippen LogP contribution in [-0.4, -0.2) is 0 Å². The summed E-state index contributed by atoms with van der Waals surface area (Å²) >= 11 is 1.82. The molecule has 0 aromatic carbocycles. The van der Waals surface area contributed by atoms with Gasteiger partial charge in [0.15, 0.2) is 0 Å². The Kier molecular flexibility index (Phi) is 4.15. The Labute approximate surface area is 91.0 Å². The van der Waals surface area contributed by atoms with Crippen molar-refractivity contribution in [2.75, 3.05) is 0 Å². The van der Waals surface area contributed by atoms with E-state index >= 15 is 0 Å². The average Bonchev–Trinajstić information content (AvgIpc) is 2.60. The summed E-state index contributed by atoms with van der Waals surface area (Å²) in [6, 6.07) is 2.17. The van der Waals surface area contributed by atoms with Crippen LogP contribution in [0.5, 0.6) is 0 Å². The number of allylic oxidation sites excluding steroid dienone is 4. The molecule has 0 saturated heterocycles. The van der Waals surface area contributed by atoms with E-state index in [4.69, 9.17) is 0 Å². The Hall–Kier alpha value is -0.820.